The third-order valence-corrected chi connectivity index (χ3v) is 2.68. The molecule has 0 N–H and O–H groups in total. The molecule has 2 heteroatoms. The summed E-state index contributed by atoms with van der Waals surface area (Å²) < 4.78 is 25.9. The van der Waals surface area contributed by atoms with E-state index in [9.17, 15) is 8.78 Å². The van der Waals surface area contributed by atoms with Crippen LogP contribution in [0.15, 0.2) is 18.2 Å². The second kappa shape index (κ2) is 3.68. The normalized spacial score (nSPS) is 14.1. The van der Waals surface area contributed by atoms with Crippen LogP contribution in [0.4, 0.5) is 8.78 Å². The molecule has 0 amide bonds. The summed E-state index contributed by atoms with van der Waals surface area (Å²) in [6, 6.07) is 3.71. The van der Waals surface area contributed by atoms with Crippen LogP contribution in [0.5, 0.6) is 0 Å². The van der Waals surface area contributed by atoms with Gasteiger partial charge in [-0.2, -0.15) is 0 Å². The Morgan fingerprint density at radius 3 is 1.79 bits per heavy atom. The molecule has 0 saturated carbocycles. The van der Waals surface area contributed by atoms with E-state index in [4.69, 9.17) is 0 Å². The van der Waals surface area contributed by atoms with E-state index >= 15 is 0 Å². The van der Waals surface area contributed by atoms with Gasteiger partial charge in [-0.1, -0.05) is 27.7 Å². The summed E-state index contributed by atoms with van der Waals surface area (Å²) in [7, 11) is 0. The smallest absolute Gasteiger partial charge is 0.126 e. The van der Waals surface area contributed by atoms with Crippen LogP contribution in [-0.2, 0) is 0 Å². The van der Waals surface area contributed by atoms with Crippen molar-refractivity contribution < 1.29 is 8.78 Å². The Morgan fingerprint density at radius 2 is 1.43 bits per heavy atom. The fraction of sp³-hybridized carbons (Fsp3) is 0.500. The van der Waals surface area contributed by atoms with Gasteiger partial charge < -0.3 is 0 Å². The lowest BCUT2D eigenvalue weighted by molar-refractivity contribution is 0.338. The zero-order chi connectivity index (χ0) is 10.9. The zero-order valence-corrected chi connectivity index (χ0v) is 9.07. The number of benzene rings is 1. The highest BCUT2D eigenvalue weighted by molar-refractivity contribution is 5.22. The number of hydrogen-bond donors (Lipinski definition) is 0. The molecule has 14 heavy (non-hydrogen) atoms. The lowest BCUT2D eigenvalue weighted by Gasteiger charge is -2.27. The predicted octanol–water partition coefficient (Wildman–Crippen LogP) is 4.11. The number of hydrogen-bond acceptors (Lipinski definition) is 0. The van der Waals surface area contributed by atoms with Crippen LogP contribution in [0.2, 0.25) is 0 Å². The van der Waals surface area contributed by atoms with Gasteiger partial charge in [0.15, 0.2) is 0 Å². The Labute approximate surface area is 84.0 Å². The SMILES string of the molecule is CC(c1cc(F)cc(F)c1)C(C)(C)C. The third kappa shape index (κ3) is 2.53. The molecule has 0 aliphatic rings. The van der Waals surface area contributed by atoms with E-state index in [0.717, 1.165) is 11.6 Å². The average molecular weight is 198 g/mol. The van der Waals surface area contributed by atoms with Crippen molar-refractivity contribution in [3.05, 3.63) is 35.4 Å². The molecule has 0 nitrogen and oxygen atoms in total. The van der Waals surface area contributed by atoms with Crippen molar-refractivity contribution >= 4 is 0 Å². The molecular formula is C12H16F2. The summed E-state index contributed by atoms with van der Waals surface area (Å²) >= 11 is 0. The molecule has 1 unspecified atom stereocenters. The van der Waals surface area contributed by atoms with Crippen LogP contribution in [0, 0.1) is 17.0 Å². The van der Waals surface area contributed by atoms with Gasteiger partial charge in [0.2, 0.25) is 0 Å². The molecule has 0 aliphatic carbocycles. The summed E-state index contributed by atoms with van der Waals surface area (Å²) in [6.45, 7) is 8.15. The Morgan fingerprint density at radius 1 is 1.00 bits per heavy atom. The first-order valence-electron chi connectivity index (χ1n) is 4.76. The van der Waals surface area contributed by atoms with E-state index in [1.165, 1.54) is 12.1 Å². The van der Waals surface area contributed by atoms with Crippen molar-refractivity contribution in [3.63, 3.8) is 0 Å². The number of rotatable bonds is 1. The molecule has 0 spiro atoms. The maximum absolute atomic E-state index is 12.9. The van der Waals surface area contributed by atoms with Gasteiger partial charge in [-0.25, -0.2) is 8.78 Å². The molecule has 1 aromatic rings. The lowest BCUT2D eigenvalue weighted by atomic mass is 9.78. The molecule has 0 aromatic heterocycles. The minimum absolute atomic E-state index is 0.0141. The fourth-order valence-corrected chi connectivity index (χ4v) is 1.33. The standard InChI is InChI=1S/C12H16F2/c1-8(12(2,3)4)9-5-10(13)7-11(14)6-9/h5-8H,1-4H3. The van der Waals surface area contributed by atoms with E-state index in [-0.39, 0.29) is 11.3 Å². The van der Waals surface area contributed by atoms with Gasteiger partial charge in [0.25, 0.3) is 0 Å². The molecule has 0 bridgehead atoms. The monoisotopic (exact) mass is 198 g/mol. The number of halogens is 2. The summed E-state index contributed by atoms with van der Waals surface area (Å²) in [5.41, 5.74) is 0.732. The van der Waals surface area contributed by atoms with Crippen molar-refractivity contribution in [1.29, 1.82) is 0 Å². The van der Waals surface area contributed by atoms with Gasteiger partial charge in [-0.15, -0.1) is 0 Å². The highest BCUT2D eigenvalue weighted by Gasteiger charge is 2.22. The van der Waals surface area contributed by atoms with Gasteiger partial charge in [0.1, 0.15) is 11.6 Å². The highest BCUT2D eigenvalue weighted by Crippen LogP contribution is 2.34. The zero-order valence-electron chi connectivity index (χ0n) is 9.07. The van der Waals surface area contributed by atoms with E-state index in [2.05, 4.69) is 20.8 Å². The van der Waals surface area contributed by atoms with E-state index in [1.807, 2.05) is 6.92 Å². The maximum Gasteiger partial charge on any atom is 0.126 e. The Hall–Kier alpha value is -0.920. The van der Waals surface area contributed by atoms with Crippen molar-refractivity contribution in [2.45, 2.75) is 33.6 Å². The quantitative estimate of drug-likeness (QED) is 0.637. The molecule has 0 radical (unpaired) electrons. The second-order valence-corrected chi connectivity index (χ2v) is 4.79. The molecular weight excluding hydrogens is 182 g/mol. The highest BCUT2D eigenvalue weighted by atomic mass is 19.1. The Kier molecular flexibility index (Phi) is 2.93. The first-order chi connectivity index (χ1) is 6.30. The summed E-state index contributed by atoms with van der Waals surface area (Å²) in [6.07, 6.45) is 0. The fourth-order valence-electron chi connectivity index (χ4n) is 1.33. The van der Waals surface area contributed by atoms with Crippen molar-refractivity contribution in [3.8, 4) is 0 Å². The van der Waals surface area contributed by atoms with Gasteiger partial charge in [0.05, 0.1) is 0 Å². The van der Waals surface area contributed by atoms with Crippen LogP contribution in [-0.4, -0.2) is 0 Å². The molecule has 1 rings (SSSR count). The van der Waals surface area contributed by atoms with Crippen molar-refractivity contribution in [1.82, 2.24) is 0 Å². The Bertz CT molecular complexity index is 303. The van der Waals surface area contributed by atoms with Crippen LogP contribution >= 0.6 is 0 Å². The maximum atomic E-state index is 12.9. The first-order valence-corrected chi connectivity index (χ1v) is 4.76. The lowest BCUT2D eigenvalue weighted by Crippen LogP contribution is -2.15. The van der Waals surface area contributed by atoms with E-state index in [1.54, 1.807) is 0 Å². The largest absolute Gasteiger partial charge is 0.207 e. The molecule has 1 atom stereocenters. The Balaban J connectivity index is 3.07. The van der Waals surface area contributed by atoms with Crippen molar-refractivity contribution in [2.24, 2.45) is 5.41 Å². The third-order valence-electron chi connectivity index (χ3n) is 2.68. The topological polar surface area (TPSA) is 0 Å². The molecule has 0 heterocycles. The first kappa shape index (κ1) is 11.2. The van der Waals surface area contributed by atoms with Crippen LogP contribution in [0.1, 0.15) is 39.2 Å². The van der Waals surface area contributed by atoms with Crippen molar-refractivity contribution in [2.75, 3.05) is 0 Å². The summed E-state index contributed by atoms with van der Waals surface area (Å²) in [4.78, 5) is 0. The van der Waals surface area contributed by atoms with Gasteiger partial charge in [0, 0.05) is 6.07 Å². The average Bonchev–Trinajstić information content (AvgIpc) is 1.99. The van der Waals surface area contributed by atoms with Gasteiger partial charge >= 0.3 is 0 Å². The van der Waals surface area contributed by atoms with Gasteiger partial charge in [-0.3, -0.25) is 0 Å². The molecule has 0 fully saturated rings. The summed E-state index contributed by atoms with van der Waals surface area (Å²) in [5, 5.41) is 0. The molecule has 78 valence electrons. The van der Waals surface area contributed by atoms with Crippen LogP contribution < -0.4 is 0 Å². The molecule has 0 aliphatic heterocycles. The minimum Gasteiger partial charge on any atom is -0.207 e. The molecule has 0 saturated heterocycles. The van der Waals surface area contributed by atoms with E-state index < -0.39 is 11.6 Å². The van der Waals surface area contributed by atoms with Crippen LogP contribution in [0.25, 0.3) is 0 Å². The van der Waals surface area contributed by atoms with Crippen LogP contribution in [0.3, 0.4) is 0 Å². The minimum atomic E-state index is -0.504. The van der Waals surface area contributed by atoms with Gasteiger partial charge in [-0.05, 0) is 29.0 Å². The van der Waals surface area contributed by atoms with E-state index in [0.29, 0.717) is 0 Å². The predicted molar refractivity (Wildman–Crippen MR) is 54.2 cm³/mol. The summed E-state index contributed by atoms with van der Waals surface area (Å²) in [5.74, 6) is -0.875. The molecule has 1 aromatic carbocycles. The second-order valence-electron chi connectivity index (χ2n) is 4.79.